The number of methoxy groups -OCH3 is 1. The van der Waals surface area contributed by atoms with Crippen LogP contribution >= 0.6 is 27.3 Å². The van der Waals surface area contributed by atoms with Gasteiger partial charge in [0.05, 0.1) is 45.9 Å². The van der Waals surface area contributed by atoms with Crippen LogP contribution in [0.2, 0.25) is 0 Å². The number of aromatic nitrogens is 3. The van der Waals surface area contributed by atoms with Gasteiger partial charge in [-0.25, -0.2) is 19.3 Å². The highest BCUT2D eigenvalue weighted by Crippen LogP contribution is 2.37. The quantitative estimate of drug-likeness (QED) is 0.0996. The molecule has 9 nitrogen and oxygen atoms in total. The number of ether oxygens (including phenoxy) is 3. The summed E-state index contributed by atoms with van der Waals surface area (Å²) in [6.07, 6.45) is 2.03. The van der Waals surface area contributed by atoms with Gasteiger partial charge >= 0.3 is 0 Å². The Bertz CT molecular complexity index is 1960. The molecule has 0 unspecified atom stereocenters. The summed E-state index contributed by atoms with van der Waals surface area (Å²) in [7, 11) is -0.661. The first-order valence-electron chi connectivity index (χ1n) is 14.0. The number of hydrogen-bond donors (Lipinski definition) is 1. The molecule has 0 aliphatic rings. The van der Waals surface area contributed by atoms with E-state index in [4.69, 9.17) is 19.2 Å². The molecule has 234 valence electrons. The lowest BCUT2D eigenvalue weighted by atomic mass is 10.1. The first kappa shape index (κ1) is 32.5. The maximum Gasteiger partial charge on any atom is 0.215 e. The van der Waals surface area contributed by atoms with E-state index in [1.54, 1.807) is 13.2 Å². The third kappa shape index (κ3) is 8.23. The van der Waals surface area contributed by atoms with Gasteiger partial charge < -0.3 is 19.5 Å². The molecule has 5 rings (SSSR count). The summed E-state index contributed by atoms with van der Waals surface area (Å²) < 4.78 is 54.2. The summed E-state index contributed by atoms with van der Waals surface area (Å²) in [5, 5.41) is 6.95. The van der Waals surface area contributed by atoms with Crippen molar-refractivity contribution in [3.05, 3.63) is 87.2 Å². The zero-order valence-electron chi connectivity index (χ0n) is 24.7. The lowest BCUT2D eigenvalue weighted by molar-refractivity contribution is 0.174. The van der Waals surface area contributed by atoms with Crippen LogP contribution in [0.3, 0.4) is 0 Å². The van der Waals surface area contributed by atoms with Gasteiger partial charge in [-0.1, -0.05) is 26.0 Å². The number of hydrogen-bond acceptors (Lipinski definition) is 10. The van der Waals surface area contributed by atoms with Crippen LogP contribution in [-0.2, 0) is 28.1 Å². The van der Waals surface area contributed by atoms with E-state index in [-0.39, 0.29) is 24.9 Å². The lowest BCUT2D eigenvalue weighted by Gasteiger charge is -2.13. The van der Waals surface area contributed by atoms with Crippen LogP contribution in [0.4, 0.5) is 15.9 Å². The Labute approximate surface area is 274 Å². The molecule has 2 aromatic heterocycles. The number of thiazole rings is 1. The topological polar surface area (TPSA) is 113 Å². The smallest absolute Gasteiger partial charge is 0.215 e. The third-order valence-corrected chi connectivity index (χ3v) is 9.37. The normalized spacial score (nSPS) is 11.2. The summed E-state index contributed by atoms with van der Waals surface area (Å²) in [5.74, 6) is 1.43. The fourth-order valence-electron chi connectivity index (χ4n) is 4.46. The van der Waals surface area contributed by atoms with Crippen LogP contribution in [0.15, 0.2) is 70.8 Å². The van der Waals surface area contributed by atoms with Crippen molar-refractivity contribution in [3.63, 3.8) is 0 Å². The lowest BCUT2D eigenvalue weighted by Crippen LogP contribution is -2.17. The Morgan fingerprint density at radius 2 is 1.93 bits per heavy atom. The van der Waals surface area contributed by atoms with E-state index in [0.29, 0.717) is 40.7 Å². The van der Waals surface area contributed by atoms with Gasteiger partial charge in [0, 0.05) is 34.5 Å². The highest BCUT2D eigenvalue weighted by molar-refractivity contribution is 9.10. The second-order valence-electron chi connectivity index (χ2n) is 10.3. The Morgan fingerprint density at radius 3 is 2.67 bits per heavy atom. The molecule has 0 fully saturated rings. The van der Waals surface area contributed by atoms with E-state index < -0.39 is 10.3 Å². The van der Waals surface area contributed by atoms with Gasteiger partial charge in [0.2, 0.25) is 10.3 Å². The number of fused-ring (bicyclic) bond motifs is 1. The van der Waals surface area contributed by atoms with E-state index in [0.717, 1.165) is 37.4 Å². The molecule has 1 N–H and O–H groups in total. The summed E-state index contributed by atoms with van der Waals surface area (Å²) in [4.78, 5) is 14.1. The van der Waals surface area contributed by atoms with E-state index in [2.05, 4.69) is 31.2 Å². The minimum atomic E-state index is -2.26. The number of nitrogens with one attached hydrogen (secondary N) is 1. The first-order chi connectivity index (χ1) is 21.7. The van der Waals surface area contributed by atoms with E-state index >= 15 is 0 Å². The SMILES string of the molecule is COc1cc2ncnc(Nc3ccc(OCc4cccc(F)c4)c(Br)c3)c2cc1-c1csc(CCOCC(C(C)C)=S(=O)=O)n1. The standard InChI is InChI=1S/C32H30BrFN4O5S2/c1-19(2)30(45(39)40)16-42-10-9-31-38-27(17-44-31)23-13-24-26(14-29(23)41-3)35-18-36-32(24)37-22-7-8-28(25(33)12-22)43-15-20-5-4-6-21(34)11-20/h4-8,11-14,17-19H,9-10,15-16H2,1-3H3,(H,35,36,37). The van der Waals surface area contributed by atoms with Crippen LogP contribution in [0, 0.1) is 11.7 Å². The number of halogens is 2. The van der Waals surface area contributed by atoms with Crippen LogP contribution in [0.5, 0.6) is 11.5 Å². The molecule has 2 heterocycles. The van der Waals surface area contributed by atoms with Crippen molar-refractivity contribution < 1.29 is 27.0 Å². The number of rotatable bonds is 13. The van der Waals surface area contributed by atoms with Gasteiger partial charge in [0.15, 0.2) is 0 Å². The van der Waals surface area contributed by atoms with Gasteiger partial charge in [-0.3, -0.25) is 0 Å². The highest BCUT2D eigenvalue weighted by Gasteiger charge is 2.16. The van der Waals surface area contributed by atoms with Crippen molar-refractivity contribution in [2.75, 3.05) is 25.6 Å². The van der Waals surface area contributed by atoms with Gasteiger partial charge in [0.25, 0.3) is 0 Å². The monoisotopic (exact) mass is 712 g/mol. The summed E-state index contributed by atoms with van der Waals surface area (Å²) in [6.45, 7) is 4.31. The largest absolute Gasteiger partial charge is 0.496 e. The molecule has 0 saturated carbocycles. The van der Waals surface area contributed by atoms with Gasteiger partial charge in [-0.2, -0.15) is 8.42 Å². The zero-order valence-corrected chi connectivity index (χ0v) is 27.9. The summed E-state index contributed by atoms with van der Waals surface area (Å²) in [5.41, 5.74) is 3.72. The van der Waals surface area contributed by atoms with Gasteiger partial charge in [-0.15, -0.1) is 11.3 Å². The molecule has 3 aromatic carbocycles. The molecule has 0 radical (unpaired) electrons. The van der Waals surface area contributed by atoms with Crippen LogP contribution in [0.25, 0.3) is 22.2 Å². The molecule has 0 spiro atoms. The number of anilines is 2. The Balaban J connectivity index is 1.32. The second-order valence-corrected chi connectivity index (χ2v) is 13.1. The molecule has 45 heavy (non-hydrogen) atoms. The number of benzene rings is 3. The average molecular weight is 714 g/mol. The van der Waals surface area contributed by atoms with E-state index in [1.165, 1.54) is 29.8 Å². The Hall–Kier alpha value is -3.91. The van der Waals surface area contributed by atoms with Crippen molar-refractivity contribution >= 4 is 64.8 Å². The van der Waals surface area contributed by atoms with Crippen molar-refractivity contribution in [3.8, 4) is 22.8 Å². The molecule has 0 aliphatic carbocycles. The average Bonchev–Trinajstić information content (AvgIpc) is 3.48. The van der Waals surface area contributed by atoms with Crippen molar-refractivity contribution in [2.45, 2.75) is 26.9 Å². The molecule has 0 bridgehead atoms. The molecular formula is C32H30BrFN4O5S2. The Morgan fingerprint density at radius 1 is 1.09 bits per heavy atom. The summed E-state index contributed by atoms with van der Waals surface area (Å²) in [6, 6.07) is 15.7. The minimum absolute atomic E-state index is 0.0710. The maximum atomic E-state index is 13.5. The number of nitrogens with zero attached hydrogens (tertiary/aromatic N) is 3. The predicted molar refractivity (Wildman–Crippen MR) is 179 cm³/mol. The molecule has 0 aliphatic heterocycles. The molecular weight excluding hydrogens is 683 g/mol. The highest BCUT2D eigenvalue weighted by atomic mass is 79.9. The molecule has 0 amide bonds. The van der Waals surface area contributed by atoms with Crippen molar-refractivity contribution in [1.29, 1.82) is 0 Å². The first-order valence-corrected chi connectivity index (χ1v) is 16.7. The van der Waals surface area contributed by atoms with E-state index in [1.807, 2.05) is 55.6 Å². The van der Waals surface area contributed by atoms with Gasteiger partial charge in [-0.05, 0) is 63.8 Å². The summed E-state index contributed by atoms with van der Waals surface area (Å²) >= 11 is 5.07. The maximum absolute atomic E-state index is 13.5. The molecule has 0 atom stereocenters. The van der Waals surface area contributed by atoms with Crippen molar-refractivity contribution in [1.82, 2.24) is 15.0 Å². The fourth-order valence-corrected chi connectivity index (χ4v) is 6.30. The second kappa shape index (κ2) is 14.9. The zero-order chi connectivity index (χ0) is 31.9. The third-order valence-electron chi connectivity index (χ3n) is 6.82. The molecule has 5 aromatic rings. The fraction of sp³-hybridized carbons (Fsp3) is 0.250. The van der Waals surface area contributed by atoms with Crippen LogP contribution in [0.1, 0.15) is 24.4 Å². The molecule has 13 heteroatoms. The van der Waals surface area contributed by atoms with Gasteiger partial charge in [0.1, 0.15) is 36.1 Å². The predicted octanol–water partition coefficient (Wildman–Crippen LogP) is 7.25. The van der Waals surface area contributed by atoms with E-state index in [9.17, 15) is 12.8 Å². The van der Waals surface area contributed by atoms with Crippen molar-refractivity contribution in [2.24, 2.45) is 5.92 Å². The Kier molecular flexibility index (Phi) is 10.8. The van der Waals surface area contributed by atoms with Crippen LogP contribution in [-0.4, -0.2) is 48.6 Å². The van der Waals surface area contributed by atoms with Crippen LogP contribution < -0.4 is 14.8 Å². The molecule has 0 saturated heterocycles. The minimum Gasteiger partial charge on any atom is -0.496 e.